The first kappa shape index (κ1) is 34.1. The van der Waals surface area contributed by atoms with Gasteiger partial charge in [-0.3, -0.25) is 9.59 Å². The van der Waals surface area contributed by atoms with Gasteiger partial charge in [-0.2, -0.15) is 13.2 Å². The lowest BCUT2D eigenvalue weighted by Crippen LogP contribution is -2.40. The third kappa shape index (κ3) is 13.5. The van der Waals surface area contributed by atoms with Gasteiger partial charge < -0.3 is 9.64 Å². The van der Waals surface area contributed by atoms with E-state index in [-0.39, 0.29) is 30.5 Å². The van der Waals surface area contributed by atoms with Crippen molar-refractivity contribution in [3.63, 3.8) is 0 Å². The van der Waals surface area contributed by atoms with Gasteiger partial charge in [-0.1, -0.05) is 103 Å². The minimum absolute atomic E-state index is 0.218. The molecule has 1 aromatic rings. The second-order valence-corrected chi connectivity index (χ2v) is 11.3. The first-order chi connectivity index (χ1) is 19.2. The highest BCUT2D eigenvalue weighted by molar-refractivity contribution is 5.94. The molecule has 1 heterocycles. The molecule has 0 N–H and O–H groups in total. The summed E-state index contributed by atoms with van der Waals surface area (Å²) in [5.41, 5.74) is -1.53. The Morgan fingerprint density at radius 1 is 0.775 bits per heavy atom. The van der Waals surface area contributed by atoms with Crippen LogP contribution in [0.2, 0.25) is 0 Å². The molecular weight excluding hydrogens is 522 g/mol. The number of rotatable bonds is 19. The van der Waals surface area contributed by atoms with Gasteiger partial charge >= 0.3 is 12.1 Å². The Labute approximate surface area is 238 Å². The van der Waals surface area contributed by atoms with Gasteiger partial charge in [0.15, 0.2) is 0 Å². The van der Waals surface area contributed by atoms with Gasteiger partial charge in [0.05, 0.1) is 18.1 Å². The number of hydrogen-bond acceptors (Lipinski definition) is 3. The Balaban J connectivity index is 1.48. The standard InChI is InChI=1S/C32H49F4NO3/c1-2-3-4-5-6-7-8-9-10-11-12-13-14-15-16-17-22-40-31(39)26-18-20-37(21-19-26)30(38)27-23-28(32(34,35)36)25-29(33)24-27/h23-26H,2-22H2,1H3. The molecule has 0 saturated carbocycles. The highest BCUT2D eigenvalue weighted by atomic mass is 19.4. The topological polar surface area (TPSA) is 46.6 Å². The Hall–Kier alpha value is -2.12. The van der Waals surface area contributed by atoms with E-state index >= 15 is 0 Å². The fourth-order valence-electron chi connectivity index (χ4n) is 5.32. The zero-order chi connectivity index (χ0) is 29.2. The first-order valence-electron chi connectivity index (χ1n) is 15.6. The molecule has 8 heteroatoms. The molecule has 2 rings (SSSR count). The van der Waals surface area contributed by atoms with Crippen molar-refractivity contribution in [1.82, 2.24) is 4.90 Å². The van der Waals surface area contributed by atoms with Crippen molar-refractivity contribution in [2.24, 2.45) is 5.92 Å². The van der Waals surface area contributed by atoms with E-state index in [0.717, 1.165) is 25.3 Å². The number of ether oxygens (including phenoxy) is 1. The van der Waals surface area contributed by atoms with Crippen molar-refractivity contribution in [3.8, 4) is 0 Å². The molecule has 4 nitrogen and oxygen atoms in total. The van der Waals surface area contributed by atoms with Crippen LogP contribution in [-0.2, 0) is 15.7 Å². The van der Waals surface area contributed by atoms with E-state index in [4.69, 9.17) is 4.74 Å². The molecule has 1 aromatic carbocycles. The lowest BCUT2D eigenvalue weighted by atomic mass is 9.96. The summed E-state index contributed by atoms with van der Waals surface area (Å²) in [6.07, 6.45) is 16.5. The van der Waals surface area contributed by atoms with Crippen LogP contribution in [0.15, 0.2) is 18.2 Å². The van der Waals surface area contributed by atoms with Crippen molar-refractivity contribution in [2.45, 2.75) is 129 Å². The maximum Gasteiger partial charge on any atom is 0.416 e. The quantitative estimate of drug-likeness (QED) is 0.0944. The van der Waals surface area contributed by atoms with E-state index in [1.54, 1.807) is 0 Å². The van der Waals surface area contributed by atoms with Crippen molar-refractivity contribution in [3.05, 3.63) is 35.1 Å². The maximum absolute atomic E-state index is 13.7. The normalized spacial score (nSPS) is 14.5. The second-order valence-electron chi connectivity index (χ2n) is 11.3. The zero-order valence-electron chi connectivity index (χ0n) is 24.3. The molecule has 0 aromatic heterocycles. The average molecular weight is 572 g/mol. The maximum atomic E-state index is 13.7. The Morgan fingerprint density at radius 2 is 1.25 bits per heavy atom. The van der Waals surface area contributed by atoms with E-state index in [1.807, 2.05) is 0 Å². The monoisotopic (exact) mass is 571 g/mol. The minimum atomic E-state index is -4.74. The number of esters is 1. The number of carbonyl (C=O) groups is 2. The van der Waals surface area contributed by atoms with E-state index < -0.39 is 23.5 Å². The summed E-state index contributed by atoms with van der Waals surface area (Å²) in [7, 11) is 0. The number of hydrogen-bond donors (Lipinski definition) is 0. The minimum Gasteiger partial charge on any atom is -0.465 e. The predicted molar refractivity (Wildman–Crippen MR) is 151 cm³/mol. The third-order valence-corrected chi connectivity index (χ3v) is 7.83. The average Bonchev–Trinajstić information content (AvgIpc) is 2.93. The molecule has 0 radical (unpaired) electrons. The number of likely N-dealkylation sites (tertiary alicyclic amines) is 1. The number of piperidine rings is 1. The van der Waals surface area contributed by atoms with Gasteiger partial charge in [0.25, 0.3) is 5.91 Å². The highest BCUT2D eigenvalue weighted by Crippen LogP contribution is 2.31. The molecule has 1 saturated heterocycles. The van der Waals surface area contributed by atoms with Gasteiger partial charge in [-0.15, -0.1) is 0 Å². The lowest BCUT2D eigenvalue weighted by Gasteiger charge is -2.31. The number of benzene rings is 1. The first-order valence-corrected chi connectivity index (χ1v) is 15.6. The van der Waals surface area contributed by atoms with Crippen molar-refractivity contribution < 1.29 is 31.9 Å². The fourth-order valence-corrected chi connectivity index (χ4v) is 5.32. The summed E-state index contributed by atoms with van der Waals surface area (Å²) in [6, 6.07) is 1.86. The molecule has 0 spiro atoms. The van der Waals surface area contributed by atoms with E-state index in [2.05, 4.69) is 6.92 Å². The van der Waals surface area contributed by atoms with Crippen LogP contribution in [0, 0.1) is 11.7 Å². The Kier molecular flexibility index (Phi) is 16.3. The number of nitrogens with zero attached hydrogens (tertiary/aromatic N) is 1. The van der Waals surface area contributed by atoms with Gasteiger partial charge in [-0.05, 0) is 37.5 Å². The summed E-state index contributed by atoms with van der Waals surface area (Å²) >= 11 is 0. The van der Waals surface area contributed by atoms with Crippen LogP contribution in [0.4, 0.5) is 17.6 Å². The van der Waals surface area contributed by atoms with Crippen LogP contribution < -0.4 is 0 Å². The summed E-state index contributed by atoms with van der Waals surface area (Å²) < 4.78 is 58.0. The molecule has 1 aliphatic rings. The number of alkyl halides is 3. The van der Waals surface area contributed by atoms with Crippen LogP contribution in [-0.4, -0.2) is 36.5 Å². The number of halogens is 4. The van der Waals surface area contributed by atoms with E-state index in [9.17, 15) is 27.2 Å². The molecule has 228 valence electrons. The van der Waals surface area contributed by atoms with Crippen molar-refractivity contribution in [1.29, 1.82) is 0 Å². The van der Waals surface area contributed by atoms with Crippen LogP contribution in [0.5, 0.6) is 0 Å². The fraction of sp³-hybridized carbons (Fsp3) is 0.750. The Morgan fingerprint density at radius 3 is 1.73 bits per heavy atom. The molecule has 1 fully saturated rings. The number of amides is 1. The van der Waals surface area contributed by atoms with Gasteiger partial charge in [0.1, 0.15) is 5.82 Å². The smallest absolute Gasteiger partial charge is 0.416 e. The SMILES string of the molecule is CCCCCCCCCCCCCCCCCCOC(=O)C1CCN(C(=O)c2cc(F)cc(C(F)(F)F)c2)CC1. The predicted octanol–water partition coefficient (Wildman–Crippen LogP) is 9.50. The van der Waals surface area contributed by atoms with Crippen molar-refractivity contribution in [2.75, 3.05) is 19.7 Å². The Bertz CT molecular complexity index is 866. The second kappa shape index (κ2) is 19.1. The van der Waals surface area contributed by atoms with Crippen LogP contribution >= 0.6 is 0 Å². The molecule has 1 amide bonds. The molecule has 1 aliphatic heterocycles. The summed E-state index contributed by atoms with van der Waals surface area (Å²) in [5, 5.41) is 0. The molecule has 0 bridgehead atoms. The molecular formula is C32H49F4NO3. The third-order valence-electron chi connectivity index (χ3n) is 7.83. The van der Waals surface area contributed by atoms with Crippen molar-refractivity contribution >= 4 is 11.9 Å². The molecule has 40 heavy (non-hydrogen) atoms. The van der Waals surface area contributed by atoms with E-state index in [1.165, 1.54) is 88.4 Å². The summed E-state index contributed by atoms with van der Waals surface area (Å²) in [5.74, 6) is -2.38. The van der Waals surface area contributed by atoms with Gasteiger partial charge in [0, 0.05) is 18.7 Å². The largest absolute Gasteiger partial charge is 0.465 e. The van der Waals surface area contributed by atoms with E-state index in [0.29, 0.717) is 31.6 Å². The van der Waals surface area contributed by atoms with Gasteiger partial charge in [0.2, 0.25) is 0 Å². The molecule has 0 atom stereocenters. The zero-order valence-corrected chi connectivity index (χ0v) is 24.3. The van der Waals surface area contributed by atoms with Crippen LogP contribution in [0.1, 0.15) is 138 Å². The number of carbonyl (C=O) groups excluding carboxylic acids is 2. The lowest BCUT2D eigenvalue weighted by molar-refractivity contribution is -0.150. The molecule has 0 aliphatic carbocycles. The van der Waals surface area contributed by atoms with Crippen LogP contribution in [0.25, 0.3) is 0 Å². The number of unbranched alkanes of at least 4 members (excludes halogenated alkanes) is 15. The van der Waals surface area contributed by atoms with Crippen LogP contribution in [0.3, 0.4) is 0 Å². The van der Waals surface area contributed by atoms with Gasteiger partial charge in [-0.25, -0.2) is 4.39 Å². The highest BCUT2D eigenvalue weighted by Gasteiger charge is 2.33. The molecule has 0 unspecified atom stereocenters. The summed E-state index contributed by atoms with van der Waals surface area (Å²) in [4.78, 5) is 26.4. The summed E-state index contributed by atoms with van der Waals surface area (Å²) in [6.45, 7) is 3.08.